The Morgan fingerprint density at radius 1 is 0.972 bits per heavy atom. The molecule has 2 aromatic carbocycles. The standard InChI is InChI=1S/C25H22F4N4O3/c26-21-10-9-18(13-20(21)25(27,28)29)33-24(35)32-16-5-3-6-19(12-16)36-22-14-17(4-1-2-11-30-22)31-23(34)15-7-8-15/h3-6,9-15H,1-2,7-8H2,(H,31,34)(H2,32,33,35)/b17-4+,22-14?,30-11?. The Balaban J connectivity index is 1.42. The van der Waals surface area contributed by atoms with E-state index in [0.29, 0.717) is 36.4 Å². The van der Waals surface area contributed by atoms with Gasteiger partial charge in [0.25, 0.3) is 0 Å². The molecule has 11 heteroatoms. The summed E-state index contributed by atoms with van der Waals surface area (Å²) in [6.45, 7) is 0. The molecule has 3 N–H and O–H groups in total. The van der Waals surface area contributed by atoms with Gasteiger partial charge in [-0.2, -0.15) is 13.2 Å². The zero-order valence-electron chi connectivity index (χ0n) is 18.9. The van der Waals surface area contributed by atoms with Crippen LogP contribution in [0.2, 0.25) is 0 Å². The smallest absolute Gasteiger partial charge is 0.419 e. The van der Waals surface area contributed by atoms with Crippen molar-refractivity contribution >= 4 is 29.5 Å². The molecular formula is C25H22F4N4O3. The second kappa shape index (κ2) is 10.6. The summed E-state index contributed by atoms with van der Waals surface area (Å²) in [6.07, 6.45) is 3.41. The first-order valence-electron chi connectivity index (χ1n) is 11.2. The molecule has 2 aliphatic rings. The predicted molar refractivity (Wildman–Crippen MR) is 126 cm³/mol. The largest absolute Gasteiger partial charge is 0.439 e. The van der Waals surface area contributed by atoms with Crippen LogP contribution in [0.4, 0.5) is 33.7 Å². The van der Waals surface area contributed by atoms with Gasteiger partial charge in [-0.25, -0.2) is 14.2 Å². The Kier molecular flexibility index (Phi) is 7.37. The van der Waals surface area contributed by atoms with E-state index < -0.39 is 23.6 Å². The number of carbonyl (C=O) groups excluding carboxylic acids is 2. The molecule has 1 aliphatic heterocycles. The number of urea groups is 1. The first-order valence-corrected chi connectivity index (χ1v) is 11.2. The Morgan fingerprint density at radius 2 is 1.72 bits per heavy atom. The van der Waals surface area contributed by atoms with Crippen molar-refractivity contribution in [1.82, 2.24) is 5.32 Å². The number of nitrogens with one attached hydrogen (secondary N) is 3. The van der Waals surface area contributed by atoms with Crippen molar-refractivity contribution in [1.29, 1.82) is 0 Å². The summed E-state index contributed by atoms with van der Waals surface area (Å²) < 4.78 is 58.0. The average molecular weight is 502 g/mol. The van der Waals surface area contributed by atoms with E-state index in [1.54, 1.807) is 30.5 Å². The van der Waals surface area contributed by atoms with Gasteiger partial charge in [0.15, 0.2) is 0 Å². The van der Waals surface area contributed by atoms with Crippen LogP contribution in [0, 0.1) is 11.7 Å². The van der Waals surface area contributed by atoms with E-state index >= 15 is 0 Å². The normalized spacial score (nSPS) is 17.1. The molecule has 0 atom stereocenters. The van der Waals surface area contributed by atoms with E-state index in [0.717, 1.165) is 18.9 Å². The van der Waals surface area contributed by atoms with Crippen LogP contribution in [0.15, 0.2) is 71.2 Å². The molecule has 1 fully saturated rings. The Labute approximate surface area is 203 Å². The molecule has 188 valence electrons. The monoisotopic (exact) mass is 502 g/mol. The third-order valence-corrected chi connectivity index (χ3v) is 5.22. The highest BCUT2D eigenvalue weighted by molar-refractivity contribution is 5.99. The summed E-state index contributed by atoms with van der Waals surface area (Å²) in [7, 11) is 0. The van der Waals surface area contributed by atoms with Crippen LogP contribution < -0.4 is 20.7 Å². The van der Waals surface area contributed by atoms with Gasteiger partial charge >= 0.3 is 12.2 Å². The summed E-state index contributed by atoms with van der Waals surface area (Å²) in [5.74, 6) is -0.881. The maximum absolute atomic E-state index is 13.5. The molecule has 2 aromatic rings. The second-order valence-electron chi connectivity index (χ2n) is 8.20. The quantitative estimate of drug-likeness (QED) is 0.424. The van der Waals surface area contributed by atoms with Crippen LogP contribution >= 0.6 is 0 Å². The fourth-order valence-electron chi connectivity index (χ4n) is 3.30. The molecule has 36 heavy (non-hydrogen) atoms. The minimum absolute atomic E-state index is 0.0397. The first kappa shape index (κ1) is 25.0. The third kappa shape index (κ3) is 6.94. The van der Waals surface area contributed by atoms with Gasteiger partial charge < -0.3 is 20.7 Å². The lowest BCUT2D eigenvalue weighted by molar-refractivity contribution is -0.140. The van der Waals surface area contributed by atoms with Gasteiger partial charge in [0.1, 0.15) is 11.6 Å². The van der Waals surface area contributed by atoms with Crippen LogP contribution in [0.3, 0.4) is 0 Å². The molecule has 0 aromatic heterocycles. The van der Waals surface area contributed by atoms with Gasteiger partial charge in [0, 0.05) is 41.3 Å². The number of halogens is 4. The van der Waals surface area contributed by atoms with Crippen LogP contribution in [0.25, 0.3) is 0 Å². The molecule has 0 saturated heterocycles. The molecule has 3 amide bonds. The Hall–Kier alpha value is -4.15. The fourth-order valence-corrected chi connectivity index (χ4v) is 3.30. The van der Waals surface area contributed by atoms with Crippen LogP contribution in [0.1, 0.15) is 31.2 Å². The zero-order chi connectivity index (χ0) is 25.7. The molecule has 1 aliphatic carbocycles. The minimum atomic E-state index is -4.89. The van der Waals surface area contributed by atoms with Crippen molar-refractivity contribution in [2.75, 3.05) is 10.6 Å². The highest BCUT2D eigenvalue weighted by Crippen LogP contribution is 2.33. The van der Waals surface area contributed by atoms with Gasteiger partial charge in [-0.3, -0.25) is 4.79 Å². The van der Waals surface area contributed by atoms with Crippen LogP contribution in [-0.2, 0) is 11.0 Å². The lowest BCUT2D eigenvalue weighted by atomic mass is 10.2. The number of alkyl halides is 3. The number of hydrogen-bond acceptors (Lipinski definition) is 4. The first-order chi connectivity index (χ1) is 17.2. The number of rotatable bonds is 6. The molecule has 7 nitrogen and oxygen atoms in total. The van der Waals surface area contributed by atoms with Crippen molar-refractivity contribution < 1.29 is 31.9 Å². The number of nitrogens with zero attached hydrogens (tertiary/aromatic N) is 1. The topological polar surface area (TPSA) is 91.8 Å². The highest BCUT2D eigenvalue weighted by atomic mass is 19.4. The molecule has 0 bridgehead atoms. The summed E-state index contributed by atoms with van der Waals surface area (Å²) in [6, 6.07) is 7.61. The van der Waals surface area contributed by atoms with Gasteiger partial charge in [0.2, 0.25) is 11.8 Å². The van der Waals surface area contributed by atoms with E-state index in [2.05, 4.69) is 20.9 Å². The molecule has 0 radical (unpaired) electrons. The van der Waals surface area contributed by atoms with Gasteiger partial charge in [-0.15, -0.1) is 0 Å². The molecule has 0 unspecified atom stereocenters. The van der Waals surface area contributed by atoms with Gasteiger partial charge in [-0.05, 0) is 56.0 Å². The molecule has 1 saturated carbocycles. The van der Waals surface area contributed by atoms with Crippen LogP contribution in [-0.4, -0.2) is 18.2 Å². The van der Waals surface area contributed by atoms with E-state index in [4.69, 9.17) is 4.74 Å². The number of ether oxygens (including phenoxy) is 1. The van der Waals surface area contributed by atoms with Crippen molar-refractivity contribution in [3.05, 3.63) is 77.6 Å². The number of anilines is 2. The van der Waals surface area contributed by atoms with Crippen molar-refractivity contribution in [2.24, 2.45) is 10.9 Å². The van der Waals surface area contributed by atoms with Crippen molar-refractivity contribution in [3.63, 3.8) is 0 Å². The fraction of sp³-hybridized carbons (Fsp3) is 0.240. The number of amides is 3. The third-order valence-electron chi connectivity index (χ3n) is 5.22. The summed E-state index contributed by atoms with van der Waals surface area (Å²) >= 11 is 0. The van der Waals surface area contributed by atoms with E-state index in [-0.39, 0.29) is 29.1 Å². The molecule has 0 spiro atoms. The van der Waals surface area contributed by atoms with E-state index in [1.807, 2.05) is 6.08 Å². The number of aliphatic imine (C=N–C) groups is 1. The lowest BCUT2D eigenvalue weighted by Gasteiger charge is -2.13. The van der Waals surface area contributed by atoms with Crippen LogP contribution in [0.5, 0.6) is 5.75 Å². The molecular weight excluding hydrogens is 480 g/mol. The average Bonchev–Trinajstić information content (AvgIpc) is 3.63. The van der Waals surface area contributed by atoms with Gasteiger partial charge in [0.05, 0.1) is 5.56 Å². The molecule has 1 heterocycles. The maximum Gasteiger partial charge on any atom is 0.419 e. The maximum atomic E-state index is 13.5. The lowest BCUT2D eigenvalue weighted by Crippen LogP contribution is -2.24. The zero-order valence-corrected chi connectivity index (χ0v) is 18.9. The highest BCUT2D eigenvalue weighted by Gasteiger charge is 2.34. The summed E-state index contributed by atoms with van der Waals surface area (Å²) in [4.78, 5) is 28.7. The van der Waals surface area contributed by atoms with Gasteiger partial charge in [-0.1, -0.05) is 12.1 Å². The Bertz CT molecular complexity index is 1250. The van der Waals surface area contributed by atoms with E-state index in [1.165, 1.54) is 6.07 Å². The predicted octanol–water partition coefficient (Wildman–Crippen LogP) is 5.98. The Morgan fingerprint density at radius 3 is 2.44 bits per heavy atom. The molecule has 4 rings (SSSR count). The minimum Gasteiger partial charge on any atom is -0.439 e. The van der Waals surface area contributed by atoms with E-state index in [9.17, 15) is 27.2 Å². The summed E-state index contributed by atoms with van der Waals surface area (Å²) in [5, 5.41) is 7.60. The SMILES string of the molecule is O=C(Nc1cccc(OC2=C/C(NC(=O)C3CC3)=C\CCC=N2)c1)Nc1ccc(F)c(C(F)(F)F)c1. The van der Waals surface area contributed by atoms with Crippen molar-refractivity contribution in [3.8, 4) is 5.75 Å². The number of benzene rings is 2. The summed E-state index contributed by atoms with van der Waals surface area (Å²) in [5.41, 5.74) is -0.831. The van der Waals surface area contributed by atoms with Crippen molar-refractivity contribution in [2.45, 2.75) is 31.9 Å². The second-order valence-corrected chi connectivity index (χ2v) is 8.20. The number of hydrogen-bond donors (Lipinski definition) is 3. The number of allylic oxidation sites excluding steroid dienone is 2. The number of carbonyl (C=O) groups is 2.